The highest BCUT2D eigenvalue weighted by Crippen LogP contribution is 2.26. The number of anilines is 2. The average molecular weight is 415 g/mol. The minimum absolute atomic E-state index is 0.0191. The average Bonchev–Trinajstić information content (AvgIpc) is 2.72. The van der Waals surface area contributed by atoms with Gasteiger partial charge < -0.3 is 20.1 Å². The molecule has 9 heteroatoms. The molecule has 0 radical (unpaired) electrons. The molecule has 0 unspecified atom stereocenters. The van der Waals surface area contributed by atoms with Crippen molar-refractivity contribution in [3.8, 4) is 0 Å². The van der Waals surface area contributed by atoms with Gasteiger partial charge in [-0.3, -0.25) is 14.9 Å². The van der Waals surface area contributed by atoms with E-state index in [1.807, 2.05) is 26.0 Å². The second-order valence-electron chi connectivity index (χ2n) is 6.77. The number of hydrogen-bond acceptors (Lipinski definition) is 7. The van der Waals surface area contributed by atoms with Gasteiger partial charge >= 0.3 is 5.97 Å². The third kappa shape index (κ3) is 6.28. The van der Waals surface area contributed by atoms with Gasteiger partial charge in [-0.05, 0) is 29.7 Å². The Hall–Kier alpha value is -3.46. The van der Waals surface area contributed by atoms with Crippen LogP contribution in [0.25, 0.3) is 0 Å². The summed E-state index contributed by atoms with van der Waals surface area (Å²) in [6.07, 6.45) is 0. The number of para-hydroxylation sites is 1. The van der Waals surface area contributed by atoms with Crippen molar-refractivity contribution in [1.82, 2.24) is 0 Å². The van der Waals surface area contributed by atoms with Gasteiger partial charge in [-0.25, -0.2) is 4.79 Å². The first-order valence-corrected chi connectivity index (χ1v) is 9.40. The Morgan fingerprint density at radius 1 is 1.13 bits per heavy atom. The molecule has 0 aromatic heterocycles. The molecule has 2 aromatic carbocycles. The Bertz CT molecular complexity index is 913. The third-order valence-corrected chi connectivity index (χ3v) is 4.24. The van der Waals surface area contributed by atoms with Gasteiger partial charge in [-0.15, -0.1) is 0 Å². The van der Waals surface area contributed by atoms with E-state index in [9.17, 15) is 19.7 Å². The Morgan fingerprint density at radius 3 is 2.53 bits per heavy atom. The summed E-state index contributed by atoms with van der Waals surface area (Å²) < 4.78 is 9.92. The van der Waals surface area contributed by atoms with Crippen molar-refractivity contribution in [3.05, 3.63) is 63.7 Å². The van der Waals surface area contributed by atoms with Crippen LogP contribution in [0.15, 0.2) is 42.5 Å². The van der Waals surface area contributed by atoms with E-state index < -0.39 is 23.4 Å². The molecule has 9 nitrogen and oxygen atoms in total. The van der Waals surface area contributed by atoms with Crippen LogP contribution in [-0.4, -0.2) is 43.7 Å². The molecule has 0 saturated heterocycles. The van der Waals surface area contributed by atoms with Crippen LogP contribution in [0.3, 0.4) is 0 Å². The number of benzene rings is 2. The van der Waals surface area contributed by atoms with Crippen LogP contribution in [0.5, 0.6) is 0 Å². The molecule has 2 rings (SSSR count). The van der Waals surface area contributed by atoms with E-state index in [4.69, 9.17) is 9.47 Å². The largest absolute Gasteiger partial charge is 0.452 e. The first-order valence-electron chi connectivity index (χ1n) is 9.40. The van der Waals surface area contributed by atoms with Crippen LogP contribution in [0, 0.1) is 10.1 Å². The third-order valence-electron chi connectivity index (χ3n) is 4.24. The zero-order chi connectivity index (χ0) is 22.1. The first-order chi connectivity index (χ1) is 14.3. The quantitative estimate of drug-likeness (QED) is 0.263. The number of amides is 1. The van der Waals surface area contributed by atoms with E-state index in [0.29, 0.717) is 18.8 Å². The lowest BCUT2D eigenvalue weighted by molar-refractivity contribution is -0.384. The van der Waals surface area contributed by atoms with Gasteiger partial charge in [0.1, 0.15) is 5.69 Å². The number of esters is 1. The molecular weight excluding hydrogens is 390 g/mol. The molecule has 0 atom stereocenters. The fourth-order valence-electron chi connectivity index (χ4n) is 2.76. The summed E-state index contributed by atoms with van der Waals surface area (Å²) in [4.78, 5) is 35.1. The highest BCUT2D eigenvalue weighted by molar-refractivity contribution is 5.96. The number of nitrogens with zero attached hydrogens (tertiary/aromatic N) is 1. The Kier molecular flexibility index (Phi) is 8.30. The summed E-state index contributed by atoms with van der Waals surface area (Å²) >= 11 is 0. The van der Waals surface area contributed by atoms with Crippen LogP contribution in [0.1, 0.15) is 35.7 Å². The molecule has 2 N–H and O–H groups in total. The number of ether oxygens (including phenoxy) is 2. The maximum atomic E-state index is 12.3. The molecule has 2 aromatic rings. The Morgan fingerprint density at radius 2 is 1.87 bits per heavy atom. The SMILES string of the molecule is COCCNc1ccc(C(=O)OCC(=O)Nc2ccccc2C(C)C)cc1[N+](=O)[O-]. The zero-order valence-corrected chi connectivity index (χ0v) is 17.1. The van der Waals surface area contributed by atoms with Crippen molar-refractivity contribution in [3.63, 3.8) is 0 Å². The van der Waals surface area contributed by atoms with E-state index >= 15 is 0 Å². The summed E-state index contributed by atoms with van der Waals surface area (Å²) in [6, 6.07) is 11.3. The van der Waals surface area contributed by atoms with Crippen LogP contribution in [-0.2, 0) is 14.3 Å². The summed E-state index contributed by atoms with van der Waals surface area (Å²) in [6.45, 7) is 4.25. The molecule has 0 heterocycles. The Balaban J connectivity index is 2.01. The van der Waals surface area contributed by atoms with E-state index in [1.165, 1.54) is 19.2 Å². The van der Waals surface area contributed by atoms with Crippen molar-refractivity contribution >= 4 is 28.9 Å². The maximum absolute atomic E-state index is 12.3. The highest BCUT2D eigenvalue weighted by Gasteiger charge is 2.19. The predicted molar refractivity (Wildman–Crippen MR) is 113 cm³/mol. The van der Waals surface area contributed by atoms with Gasteiger partial charge in [-0.1, -0.05) is 32.0 Å². The number of nitrogens with one attached hydrogen (secondary N) is 2. The Labute approximate surface area is 174 Å². The first kappa shape index (κ1) is 22.8. The van der Waals surface area contributed by atoms with Gasteiger partial charge in [-0.2, -0.15) is 0 Å². The molecule has 160 valence electrons. The molecule has 0 aliphatic heterocycles. The maximum Gasteiger partial charge on any atom is 0.338 e. The van der Waals surface area contributed by atoms with E-state index in [1.54, 1.807) is 12.1 Å². The molecule has 0 aliphatic rings. The van der Waals surface area contributed by atoms with Gasteiger partial charge in [0.15, 0.2) is 6.61 Å². The van der Waals surface area contributed by atoms with E-state index in [-0.39, 0.29) is 22.9 Å². The predicted octanol–water partition coefficient (Wildman–Crippen LogP) is 3.57. The molecular formula is C21H25N3O6. The van der Waals surface area contributed by atoms with Crippen LogP contribution >= 0.6 is 0 Å². The number of carbonyl (C=O) groups is 2. The second kappa shape index (κ2) is 10.9. The fourth-order valence-corrected chi connectivity index (χ4v) is 2.76. The minimum atomic E-state index is -0.825. The lowest BCUT2D eigenvalue weighted by Crippen LogP contribution is -2.21. The number of hydrogen-bond donors (Lipinski definition) is 2. The smallest absolute Gasteiger partial charge is 0.338 e. The summed E-state index contributed by atoms with van der Waals surface area (Å²) in [5, 5.41) is 16.9. The van der Waals surface area contributed by atoms with Crippen LogP contribution in [0.2, 0.25) is 0 Å². The van der Waals surface area contributed by atoms with Crippen molar-refractivity contribution in [2.75, 3.05) is 37.5 Å². The summed E-state index contributed by atoms with van der Waals surface area (Å²) in [5.74, 6) is -1.11. The highest BCUT2D eigenvalue weighted by atomic mass is 16.6. The number of nitro benzene ring substituents is 1. The van der Waals surface area contributed by atoms with Gasteiger partial charge in [0.05, 0.1) is 17.1 Å². The number of rotatable bonds is 10. The lowest BCUT2D eigenvalue weighted by atomic mass is 10.0. The number of carbonyl (C=O) groups excluding carboxylic acids is 2. The van der Waals surface area contributed by atoms with E-state index in [0.717, 1.165) is 11.6 Å². The number of methoxy groups -OCH3 is 1. The standard InChI is InChI=1S/C21H25N3O6/c1-14(2)16-6-4-5-7-17(16)23-20(25)13-30-21(26)15-8-9-18(22-10-11-29-3)19(12-15)24(27)28/h4-9,12,14,22H,10-11,13H2,1-3H3,(H,23,25). The topological polar surface area (TPSA) is 120 Å². The molecule has 1 amide bonds. The zero-order valence-electron chi connectivity index (χ0n) is 17.1. The van der Waals surface area contributed by atoms with Crippen molar-refractivity contribution in [1.29, 1.82) is 0 Å². The van der Waals surface area contributed by atoms with Gasteiger partial charge in [0, 0.05) is 25.4 Å². The molecule has 0 fully saturated rings. The fraction of sp³-hybridized carbons (Fsp3) is 0.333. The van der Waals surface area contributed by atoms with Crippen LogP contribution in [0.4, 0.5) is 17.1 Å². The molecule has 0 spiro atoms. The van der Waals surface area contributed by atoms with Gasteiger partial charge in [0.2, 0.25) is 0 Å². The number of nitro groups is 1. The van der Waals surface area contributed by atoms with Crippen molar-refractivity contribution in [2.24, 2.45) is 0 Å². The lowest BCUT2D eigenvalue weighted by Gasteiger charge is -2.13. The molecule has 0 aliphatic carbocycles. The normalized spacial score (nSPS) is 10.5. The summed E-state index contributed by atoms with van der Waals surface area (Å²) in [7, 11) is 1.52. The van der Waals surface area contributed by atoms with Crippen LogP contribution < -0.4 is 10.6 Å². The minimum Gasteiger partial charge on any atom is -0.452 e. The second-order valence-corrected chi connectivity index (χ2v) is 6.77. The summed E-state index contributed by atoms with van der Waals surface area (Å²) in [5.41, 5.74) is 1.59. The molecule has 0 saturated carbocycles. The van der Waals surface area contributed by atoms with Crippen molar-refractivity contribution in [2.45, 2.75) is 19.8 Å². The molecule has 30 heavy (non-hydrogen) atoms. The monoisotopic (exact) mass is 415 g/mol. The van der Waals surface area contributed by atoms with E-state index in [2.05, 4.69) is 10.6 Å². The molecule has 0 bridgehead atoms. The van der Waals surface area contributed by atoms with Gasteiger partial charge in [0.25, 0.3) is 11.6 Å². The van der Waals surface area contributed by atoms with Crippen molar-refractivity contribution < 1.29 is 24.0 Å².